The van der Waals surface area contributed by atoms with E-state index in [4.69, 9.17) is 9.47 Å². The average Bonchev–Trinajstić information content (AvgIpc) is 3.20. The van der Waals surface area contributed by atoms with Gasteiger partial charge in [-0.25, -0.2) is 4.98 Å². The number of ether oxygens (including phenoxy) is 2. The van der Waals surface area contributed by atoms with Gasteiger partial charge in [0.25, 0.3) is 0 Å². The van der Waals surface area contributed by atoms with E-state index in [0.29, 0.717) is 6.54 Å². The molecule has 0 aliphatic heterocycles. The summed E-state index contributed by atoms with van der Waals surface area (Å²) in [6, 6.07) is 15.3. The highest BCUT2D eigenvalue weighted by Crippen LogP contribution is 2.26. The van der Waals surface area contributed by atoms with E-state index in [-0.39, 0.29) is 5.91 Å². The normalized spacial score (nSPS) is 10.7. The Labute approximate surface area is 162 Å². The van der Waals surface area contributed by atoms with Crippen LogP contribution in [0.3, 0.4) is 0 Å². The second-order valence-corrected chi connectivity index (χ2v) is 6.56. The number of nitrogens with zero attached hydrogens (tertiary/aromatic N) is 1. The summed E-state index contributed by atoms with van der Waals surface area (Å²) in [6.45, 7) is 0.460. The number of aromatic nitrogens is 1. The molecule has 27 heavy (non-hydrogen) atoms. The van der Waals surface area contributed by atoms with Crippen molar-refractivity contribution in [2.45, 2.75) is 6.54 Å². The number of methoxy groups -OCH3 is 2. The first kappa shape index (κ1) is 18.7. The molecule has 0 bridgehead atoms. The Morgan fingerprint density at radius 3 is 2.30 bits per heavy atom. The monoisotopic (exact) mass is 380 g/mol. The molecule has 138 valence electrons. The molecule has 1 N–H and O–H groups in total. The minimum atomic E-state index is -0.162. The van der Waals surface area contributed by atoms with Gasteiger partial charge in [-0.3, -0.25) is 4.79 Å². The van der Waals surface area contributed by atoms with Gasteiger partial charge < -0.3 is 14.8 Å². The first-order valence-electron chi connectivity index (χ1n) is 8.37. The summed E-state index contributed by atoms with van der Waals surface area (Å²) < 4.78 is 10.3. The highest BCUT2D eigenvalue weighted by atomic mass is 32.1. The van der Waals surface area contributed by atoms with Gasteiger partial charge in [-0.2, -0.15) is 0 Å². The van der Waals surface area contributed by atoms with Gasteiger partial charge in [-0.05, 0) is 48.0 Å². The molecule has 0 unspecified atom stereocenters. The van der Waals surface area contributed by atoms with Crippen LogP contribution < -0.4 is 14.8 Å². The first-order valence-corrected chi connectivity index (χ1v) is 9.24. The van der Waals surface area contributed by atoms with Crippen molar-refractivity contribution in [3.63, 3.8) is 0 Å². The predicted octanol–water partition coefficient (Wildman–Crippen LogP) is 4.16. The lowest BCUT2D eigenvalue weighted by Gasteiger charge is -2.04. The van der Waals surface area contributed by atoms with Crippen molar-refractivity contribution >= 4 is 23.3 Å². The molecule has 3 aromatic rings. The second-order valence-electron chi connectivity index (χ2n) is 5.71. The fourth-order valence-electron chi connectivity index (χ4n) is 2.38. The fourth-order valence-corrected chi connectivity index (χ4v) is 3.18. The van der Waals surface area contributed by atoms with Gasteiger partial charge in [0.1, 0.15) is 16.5 Å². The zero-order chi connectivity index (χ0) is 19.1. The van der Waals surface area contributed by atoms with E-state index in [2.05, 4.69) is 10.3 Å². The van der Waals surface area contributed by atoms with Crippen LogP contribution >= 0.6 is 11.3 Å². The van der Waals surface area contributed by atoms with E-state index in [9.17, 15) is 4.79 Å². The number of thiazole rings is 1. The molecule has 1 aromatic heterocycles. The molecule has 0 radical (unpaired) electrons. The molecule has 0 spiro atoms. The molecule has 0 saturated carbocycles. The largest absolute Gasteiger partial charge is 0.497 e. The molecule has 0 saturated heterocycles. The summed E-state index contributed by atoms with van der Waals surface area (Å²) in [5, 5.41) is 5.68. The number of rotatable bonds is 7. The zero-order valence-corrected chi connectivity index (χ0v) is 16.0. The summed E-state index contributed by atoms with van der Waals surface area (Å²) in [7, 11) is 3.26. The summed E-state index contributed by atoms with van der Waals surface area (Å²) in [6.07, 6.45) is 3.21. The number of amides is 1. The minimum Gasteiger partial charge on any atom is -0.497 e. The number of nitrogens with one attached hydrogen (secondary N) is 1. The molecular weight excluding hydrogens is 360 g/mol. The van der Waals surface area contributed by atoms with E-state index in [1.165, 1.54) is 17.4 Å². The van der Waals surface area contributed by atoms with Gasteiger partial charge in [-0.15, -0.1) is 11.3 Å². The lowest BCUT2D eigenvalue weighted by Crippen LogP contribution is -2.20. The number of hydrogen-bond donors (Lipinski definition) is 1. The standard InChI is InChI=1S/C21H20N2O3S/c1-25-18-8-3-15(4-9-18)13-22-20(24)12-7-17-14-27-21(23-17)16-5-10-19(26-2)11-6-16/h3-12,14H,13H2,1-2H3,(H,22,24)/b12-7+. The summed E-state index contributed by atoms with van der Waals surface area (Å²) in [5.41, 5.74) is 2.78. The third-order valence-corrected chi connectivity index (χ3v) is 4.80. The second kappa shape index (κ2) is 9.00. The smallest absolute Gasteiger partial charge is 0.244 e. The van der Waals surface area contributed by atoms with Gasteiger partial charge in [0, 0.05) is 23.6 Å². The van der Waals surface area contributed by atoms with E-state index in [1.54, 1.807) is 20.3 Å². The van der Waals surface area contributed by atoms with Crippen LogP contribution in [0.15, 0.2) is 60.0 Å². The van der Waals surface area contributed by atoms with Crippen LogP contribution in [-0.2, 0) is 11.3 Å². The Balaban J connectivity index is 1.55. The summed E-state index contributed by atoms with van der Waals surface area (Å²) >= 11 is 1.53. The fraction of sp³-hybridized carbons (Fsp3) is 0.143. The van der Waals surface area contributed by atoms with E-state index < -0.39 is 0 Å². The Hall–Kier alpha value is -3.12. The highest BCUT2D eigenvalue weighted by molar-refractivity contribution is 7.13. The van der Waals surface area contributed by atoms with Crippen molar-refractivity contribution < 1.29 is 14.3 Å². The predicted molar refractivity (Wildman–Crippen MR) is 108 cm³/mol. The molecule has 2 aromatic carbocycles. The third kappa shape index (κ3) is 5.18. The maximum absolute atomic E-state index is 12.0. The van der Waals surface area contributed by atoms with E-state index in [1.807, 2.05) is 53.9 Å². The number of hydrogen-bond acceptors (Lipinski definition) is 5. The van der Waals surface area contributed by atoms with Gasteiger partial charge >= 0.3 is 0 Å². The Kier molecular flexibility index (Phi) is 6.22. The highest BCUT2D eigenvalue weighted by Gasteiger charge is 2.04. The topological polar surface area (TPSA) is 60.5 Å². The van der Waals surface area contributed by atoms with E-state index >= 15 is 0 Å². The van der Waals surface area contributed by atoms with Crippen molar-refractivity contribution in [1.82, 2.24) is 10.3 Å². The summed E-state index contributed by atoms with van der Waals surface area (Å²) in [4.78, 5) is 16.5. The Morgan fingerprint density at radius 1 is 1.04 bits per heavy atom. The van der Waals surface area contributed by atoms with Crippen LogP contribution in [0.25, 0.3) is 16.6 Å². The van der Waals surface area contributed by atoms with Crippen LogP contribution in [0.5, 0.6) is 11.5 Å². The molecule has 6 heteroatoms. The van der Waals surface area contributed by atoms with Gasteiger partial charge in [-0.1, -0.05) is 12.1 Å². The Bertz CT molecular complexity index is 915. The van der Waals surface area contributed by atoms with Crippen molar-refractivity contribution in [2.24, 2.45) is 0 Å². The molecule has 5 nitrogen and oxygen atoms in total. The van der Waals surface area contributed by atoms with Crippen molar-refractivity contribution in [3.8, 4) is 22.1 Å². The van der Waals surface area contributed by atoms with Gasteiger partial charge in [0.15, 0.2) is 0 Å². The molecular formula is C21H20N2O3S. The lowest BCUT2D eigenvalue weighted by molar-refractivity contribution is -0.116. The lowest BCUT2D eigenvalue weighted by atomic mass is 10.2. The molecule has 0 fully saturated rings. The third-order valence-electron chi connectivity index (χ3n) is 3.89. The van der Waals surface area contributed by atoms with Crippen LogP contribution in [0.4, 0.5) is 0 Å². The van der Waals surface area contributed by atoms with E-state index in [0.717, 1.165) is 33.3 Å². The SMILES string of the molecule is COc1ccc(CNC(=O)/C=C/c2csc(-c3ccc(OC)cc3)n2)cc1. The molecule has 0 aliphatic carbocycles. The van der Waals surface area contributed by atoms with Crippen molar-refractivity contribution in [1.29, 1.82) is 0 Å². The molecule has 0 aliphatic rings. The zero-order valence-electron chi connectivity index (χ0n) is 15.1. The van der Waals surface area contributed by atoms with Crippen molar-refractivity contribution in [2.75, 3.05) is 14.2 Å². The maximum Gasteiger partial charge on any atom is 0.244 e. The quantitative estimate of drug-likeness (QED) is 0.626. The molecule has 1 amide bonds. The summed E-state index contributed by atoms with van der Waals surface area (Å²) in [5.74, 6) is 1.44. The minimum absolute atomic E-state index is 0.162. The molecule has 0 atom stereocenters. The van der Waals surface area contributed by atoms with Gasteiger partial charge in [0.2, 0.25) is 5.91 Å². The Morgan fingerprint density at radius 2 is 1.67 bits per heavy atom. The number of benzene rings is 2. The van der Waals surface area contributed by atoms with Gasteiger partial charge in [0.05, 0.1) is 19.9 Å². The molecule has 1 heterocycles. The first-order chi connectivity index (χ1) is 13.2. The van der Waals surface area contributed by atoms with Crippen molar-refractivity contribution in [3.05, 3.63) is 71.2 Å². The average molecular weight is 380 g/mol. The van der Waals surface area contributed by atoms with Crippen LogP contribution in [0, 0.1) is 0 Å². The van der Waals surface area contributed by atoms with Crippen LogP contribution in [-0.4, -0.2) is 25.1 Å². The maximum atomic E-state index is 12.0. The number of carbonyl (C=O) groups excluding carboxylic acids is 1. The van der Waals surface area contributed by atoms with Crippen LogP contribution in [0.2, 0.25) is 0 Å². The number of carbonyl (C=O) groups is 1. The molecule has 3 rings (SSSR count). The van der Waals surface area contributed by atoms with Crippen LogP contribution in [0.1, 0.15) is 11.3 Å².